The predicted octanol–water partition coefficient (Wildman–Crippen LogP) is 4.00. The fourth-order valence-electron chi connectivity index (χ4n) is 2.62. The van der Waals surface area contributed by atoms with Crippen molar-refractivity contribution in [1.82, 2.24) is 14.6 Å². The number of nitrogens with zero attached hydrogens (tertiary/aromatic N) is 3. The highest BCUT2D eigenvalue weighted by Crippen LogP contribution is 2.24. The highest BCUT2D eigenvalue weighted by molar-refractivity contribution is 8.00. The van der Waals surface area contributed by atoms with Gasteiger partial charge in [-0.1, -0.05) is 48.2 Å². The number of carbonyl (C=O) groups is 1. The zero-order valence-corrected chi connectivity index (χ0v) is 14.4. The number of benzene rings is 2. The molecule has 0 radical (unpaired) electrons. The van der Waals surface area contributed by atoms with Crippen molar-refractivity contribution in [3.63, 3.8) is 0 Å². The maximum Gasteiger partial charge on any atom is 0.237 e. The SMILES string of the molecule is C[C@H](Sc1nnc2ccccn12)C(=O)Nc1ccc2ccccc2c1. The Morgan fingerprint density at radius 3 is 2.72 bits per heavy atom. The smallest absolute Gasteiger partial charge is 0.237 e. The van der Waals surface area contributed by atoms with Gasteiger partial charge in [-0.2, -0.15) is 0 Å². The highest BCUT2D eigenvalue weighted by Gasteiger charge is 2.18. The van der Waals surface area contributed by atoms with E-state index in [1.54, 1.807) is 0 Å². The number of hydrogen-bond acceptors (Lipinski definition) is 4. The number of rotatable bonds is 4. The summed E-state index contributed by atoms with van der Waals surface area (Å²) in [5.74, 6) is -0.0621. The molecular formula is C19H16N4OS. The van der Waals surface area contributed by atoms with Crippen LogP contribution >= 0.6 is 11.8 Å². The van der Waals surface area contributed by atoms with Crippen molar-refractivity contribution in [3.8, 4) is 0 Å². The van der Waals surface area contributed by atoms with Gasteiger partial charge in [-0.3, -0.25) is 9.20 Å². The second-order valence-electron chi connectivity index (χ2n) is 5.72. The van der Waals surface area contributed by atoms with Crippen molar-refractivity contribution in [2.75, 3.05) is 5.32 Å². The van der Waals surface area contributed by atoms with Crippen molar-refractivity contribution in [2.45, 2.75) is 17.3 Å². The lowest BCUT2D eigenvalue weighted by atomic mass is 10.1. The Bertz CT molecular complexity index is 1060. The molecule has 2 aromatic heterocycles. The molecule has 0 aliphatic carbocycles. The fraction of sp³-hybridized carbons (Fsp3) is 0.105. The Kier molecular flexibility index (Phi) is 4.11. The molecule has 4 aromatic rings. The first-order valence-corrected chi connectivity index (χ1v) is 8.85. The number of hydrogen-bond donors (Lipinski definition) is 1. The van der Waals surface area contributed by atoms with Crippen LogP contribution in [0.5, 0.6) is 0 Å². The van der Waals surface area contributed by atoms with Gasteiger partial charge >= 0.3 is 0 Å². The number of nitrogens with one attached hydrogen (secondary N) is 1. The Labute approximate surface area is 149 Å². The number of pyridine rings is 1. The molecule has 0 bridgehead atoms. The van der Waals surface area contributed by atoms with Gasteiger partial charge in [0.2, 0.25) is 5.91 Å². The van der Waals surface area contributed by atoms with Gasteiger partial charge < -0.3 is 5.32 Å². The third kappa shape index (κ3) is 3.21. The van der Waals surface area contributed by atoms with Crippen LogP contribution in [0.3, 0.4) is 0 Å². The first kappa shape index (κ1) is 15.7. The summed E-state index contributed by atoms with van der Waals surface area (Å²) in [6, 6.07) is 19.7. The van der Waals surface area contributed by atoms with E-state index in [1.807, 2.05) is 72.1 Å². The molecule has 4 rings (SSSR count). The lowest BCUT2D eigenvalue weighted by Crippen LogP contribution is -2.22. The van der Waals surface area contributed by atoms with Crippen molar-refractivity contribution in [3.05, 3.63) is 66.9 Å². The number of aromatic nitrogens is 3. The fourth-order valence-corrected chi connectivity index (χ4v) is 3.46. The molecular weight excluding hydrogens is 332 g/mol. The van der Waals surface area contributed by atoms with Gasteiger partial charge in [0.25, 0.3) is 0 Å². The van der Waals surface area contributed by atoms with E-state index in [0.29, 0.717) is 5.16 Å². The van der Waals surface area contributed by atoms with Crippen molar-refractivity contribution in [1.29, 1.82) is 0 Å². The number of amides is 1. The van der Waals surface area contributed by atoms with Crippen molar-refractivity contribution in [2.24, 2.45) is 0 Å². The van der Waals surface area contributed by atoms with Crippen LogP contribution in [0.15, 0.2) is 72.0 Å². The molecule has 2 aromatic carbocycles. The van der Waals surface area contributed by atoms with E-state index in [1.165, 1.54) is 11.8 Å². The Morgan fingerprint density at radius 2 is 1.84 bits per heavy atom. The van der Waals surface area contributed by atoms with E-state index in [2.05, 4.69) is 21.6 Å². The Balaban J connectivity index is 1.49. The predicted molar refractivity (Wildman–Crippen MR) is 101 cm³/mol. The number of anilines is 1. The highest BCUT2D eigenvalue weighted by atomic mass is 32.2. The molecule has 1 N–H and O–H groups in total. The summed E-state index contributed by atoms with van der Waals surface area (Å²) in [5, 5.41) is 13.9. The molecule has 0 saturated carbocycles. The minimum absolute atomic E-state index is 0.0621. The van der Waals surface area contributed by atoms with Gasteiger partial charge in [-0.05, 0) is 42.0 Å². The van der Waals surface area contributed by atoms with Gasteiger partial charge in [0.1, 0.15) is 0 Å². The number of thioether (sulfide) groups is 1. The number of fused-ring (bicyclic) bond motifs is 2. The lowest BCUT2D eigenvalue weighted by molar-refractivity contribution is -0.115. The first-order valence-electron chi connectivity index (χ1n) is 7.97. The van der Waals surface area contributed by atoms with E-state index in [9.17, 15) is 4.79 Å². The minimum Gasteiger partial charge on any atom is -0.325 e. The van der Waals surface area contributed by atoms with Crippen molar-refractivity contribution >= 4 is 39.8 Å². The zero-order chi connectivity index (χ0) is 17.2. The van der Waals surface area contributed by atoms with E-state index in [4.69, 9.17) is 0 Å². The molecule has 0 aliphatic rings. The maximum absolute atomic E-state index is 12.5. The first-order chi connectivity index (χ1) is 12.2. The van der Waals surface area contributed by atoms with E-state index < -0.39 is 0 Å². The van der Waals surface area contributed by atoms with E-state index in [-0.39, 0.29) is 11.2 Å². The second-order valence-corrected chi connectivity index (χ2v) is 7.03. The summed E-state index contributed by atoms with van der Waals surface area (Å²) < 4.78 is 1.88. The molecule has 0 saturated heterocycles. The van der Waals surface area contributed by atoms with Gasteiger partial charge in [-0.25, -0.2) is 0 Å². The topological polar surface area (TPSA) is 59.3 Å². The third-order valence-electron chi connectivity index (χ3n) is 3.95. The van der Waals surface area contributed by atoms with Gasteiger partial charge in [-0.15, -0.1) is 10.2 Å². The lowest BCUT2D eigenvalue weighted by Gasteiger charge is -2.11. The molecule has 6 heteroatoms. The van der Waals surface area contributed by atoms with Gasteiger partial charge in [0.05, 0.1) is 5.25 Å². The summed E-state index contributed by atoms with van der Waals surface area (Å²) in [6.45, 7) is 1.87. The third-order valence-corrected chi connectivity index (χ3v) is 5.01. The molecule has 124 valence electrons. The quantitative estimate of drug-likeness (QED) is 0.566. The van der Waals surface area contributed by atoms with Crippen LogP contribution in [0.4, 0.5) is 5.69 Å². The van der Waals surface area contributed by atoms with Crippen LogP contribution in [0.25, 0.3) is 16.4 Å². The summed E-state index contributed by atoms with van der Waals surface area (Å²) in [5.41, 5.74) is 1.56. The molecule has 0 fully saturated rings. The summed E-state index contributed by atoms with van der Waals surface area (Å²) in [4.78, 5) is 12.5. The second kappa shape index (κ2) is 6.57. The minimum atomic E-state index is -0.293. The molecule has 2 heterocycles. The molecule has 1 amide bonds. The number of carbonyl (C=O) groups excluding carboxylic acids is 1. The normalized spacial score (nSPS) is 12.4. The summed E-state index contributed by atoms with van der Waals surface area (Å²) in [6.07, 6.45) is 1.89. The molecule has 5 nitrogen and oxygen atoms in total. The Morgan fingerprint density at radius 1 is 1.04 bits per heavy atom. The van der Waals surface area contributed by atoms with Crippen LogP contribution in [0.1, 0.15) is 6.92 Å². The van der Waals surface area contributed by atoms with E-state index in [0.717, 1.165) is 22.1 Å². The molecule has 1 atom stereocenters. The van der Waals surface area contributed by atoms with Crippen LogP contribution in [-0.2, 0) is 4.79 Å². The largest absolute Gasteiger partial charge is 0.325 e. The zero-order valence-electron chi connectivity index (χ0n) is 13.6. The monoisotopic (exact) mass is 348 g/mol. The van der Waals surface area contributed by atoms with Gasteiger partial charge in [0.15, 0.2) is 10.8 Å². The standard InChI is InChI=1S/C19H16N4OS/c1-13(25-19-22-21-17-8-4-5-11-23(17)19)18(24)20-16-10-9-14-6-2-3-7-15(14)12-16/h2-13H,1H3,(H,20,24)/t13-/m0/s1. The van der Waals surface area contributed by atoms with Crippen LogP contribution in [0, 0.1) is 0 Å². The average molecular weight is 348 g/mol. The van der Waals surface area contributed by atoms with Crippen LogP contribution in [-0.4, -0.2) is 25.8 Å². The molecule has 25 heavy (non-hydrogen) atoms. The molecule has 0 aliphatic heterocycles. The Hall–Kier alpha value is -2.86. The maximum atomic E-state index is 12.5. The van der Waals surface area contributed by atoms with Crippen molar-refractivity contribution < 1.29 is 4.79 Å². The molecule has 0 unspecified atom stereocenters. The summed E-state index contributed by atoms with van der Waals surface area (Å²) >= 11 is 1.39. The van der Waals surface area contributed by atoms with Gasteiger partial charge in [0, 0.05) is 11.9 Å². The van der Waals surface area contributed by atoms with E-state index >= 15 is 0 Å². The average Bonchev–Trinajstić information content (AvgIpc) is 3.04. The van der Waals surface area contributed by atoms with Crippen LogP contribution in [0.2, 0.25) is 0 Å². The van der Waals surface area contributed by atoms with Crippen LogP contribution < -0.4 is 5.32 Å². The summed E-state index contributed by atoms with van der Waals surface area (Å²) in [7, 11) is 0. The molecule has 0 spiro atoms.